The van der Waals surface area contributed by atoms with Gasteiger partial charge in [0, 0.05) is 94.6 Å². The smallest absolute Gasteiger partial charge is 0.410 e. The third-order valence-electron chi connectivity index (χ3n) is 30.6. The van der Waals surface area contributed by atoms with E-state index >= 15 is 0 Å². The van der Waals surface area contributed by atoms with Gasteiger partial charge in [0.25, 0.3) is 0 Å². The highest BCUT2D eigenvalue weighted by Crippen LogP contribution is 2.61. The van der Waals surface area contributed by atoms with E-state index < -0.39 is 163 Å². The van der Waals surface area contributed by atoms with E-state index in [9.17, 15) is 82.8 Å². The van der Waals surface area contributed by atoms with Crippen LogP contribution in [0.2, 0.25) is 0 Å². The Labute approximate surface area is 787 Å². The molecule has 9 aliphatic heterocycles. The van der Waals surface area contributed by atoms with Crippen LogP contribution in [-0.4, -0.2) is 218 Å². The van der Waals surface area contributed by atoms with Crippen LogP contribution in [0.15, 0.2) is 61.7 Å². The molecule has 9 heterocycles. The minimum Gasteiger partial charge on any atom is -0.454 e. The lowest BCUT2D eigenvalue weighted by atomic mass is 9.81. The van der Waals surface area contributed by atoms with Crippen molar-refractivity contribution in [3.8, 4) is 34.5 Å². The number of Topliss-reactive ketones (excluding diaryl/α,β-unsaturated/α-hetero) is 3. The predicted molar refractivity (Wildman–Crippen MR) is 484 cm³/mol. The maximum Gasteiger partial charge on any atom is 0.410 e. The summed E-state index contributed by atoms with van der Waals surface area (Å²) in [7, 11) is -11.4. The van der Waals surface area contributed by atoms with E-state index in [0.717, 1.165) is 33.4 Å². The number of ketones is 3. The average molecular weight is 1930 g/mol. The second kappa shape index (κ2) is 36.1. The van der Waals surface area contributed by atoms with Gasteiger partial charge in [0.2, 0.25) is 85.9 Å². The Balaban J connectivity index is 0.000000147. The lowest BCUT2D eigenvalue weighted by molar-refractivity contribution is -0.144. The van der Waals surface area contributed by atoms with E-state index in [1.165, 1.54) is 14.7 Å². The zero-order chi connectivity index (χ0) is 97.4. The van der Waals surface area contributed by atoms with E-state index in [4.69, 9.17) is 42.6 Å². The van der Waals surface area contributed by atoms with Crippen LogP contribution in [0.25, 0.3) is 0 Å². The average Bonchev–Trinajstić information content (AvgIpc) is 1.58. The first-order valence-electron chi connectivity index (χ1n) is 46.9. The van der Waals surface area contributed by atoms with Gasteiger partial charge < -0.3 is 57.3 Å². The fraction of sp³-hybridized carbons (Fsp3) is 0.646. The van der Waals surface area contributed by atoms with Gasteiger partial charge in [-0.3, -0.25) is 72.0 Å². The van der Waals surface area contributed by atoms with Crippen molar-refractivity contribution in [3.63, 3.8) is 0 Å². The van der Waals surface area contributed by atoms with Gasteiger partial charge in [-0.2, -0.15) is 0 Å². The van der Waals surface area contributed by atoms with Crippen molar-refractivity contribution < 1.29 is 125 Å². The lowest BCUT2D eigenvalue weighted by Crippen LogP contribution is -2.47. The summed E-state index contributed by atoms with van der Waals surface area (Å²) in [6.45, 7) is 34.9. The van der Waals surface area contributed by atoms with Gasteiger partial charge in [0.15, 0.2) is 51.8 Å². The maximum atomic E-state index is 14.0. The highest BCUT2D eigenvalue weighted by Gasteiger charge is 2.65. The molecule has 9 fully saturated rings. The molecule has 135 heavy (non-hydrogen) atoms. The van der Waals surface area contributed by atoms with Gasteiger partial charge >= 0.3 is 18.3 Å². The van der Waals surface area contributed by atoms with E-state index in [2.05, 4.69) is 27.3 Å². The SMILES string of the molecule is C=C[C@H]1C[C@@]1(CC(=O)C1C[C@@H](OC(=O)N2Cc3cc4c(cc3C2)OCO4)CN1C(=O)[C@@H](C)C(C)(C)C)C(=O)NS(=O)(=O)C1CC1.C=C[C@H]1C[C@@]1(CC(=O)C1C[C@@H](OC(=O)N2Cc3ccc4c(c3C2)OCO4)CN1C(=O)[C@@H](C)C(C)(C)C)C(=O)NS(=O)(=O)C1CC1.CC[C@H]1C[C@@]1(CC(=O)C1C[C@@H](OC(=O)N2Cc3cc4c(cc3C2)OCO4)CN1C(=O)[C@@H](C)C(C)(C)C)C(=O)NS(=O)(=O)C1CC1. The van der Waals surface area contributed by atoms with Crippen molar-refractivity contribution in [3.05, 3.63) is 95.1 Å². The van der Waals surface area contributed by atoms with Crippen molar-refractivity contribution in [2.75, 3.05) is 40.0 Å². The van der Waals surface area contributed by atoms with Gasteiger partial charge in [-0.25, -0.2) is 39.6 Å². The van der Waals surface area contributed by atoms with E-state index in [1.807, 2.05) is 119 Å². The number of nitrogens with one attached hydrogen (secondary N) is 3. The number of allylic oxidation sites excluding steroid dienone is 2. The number of benzene rings is 3. The molecule has 0 radical (unpaired) electrons. The third-order valence-corrected chi connectivity index (χ3v) is 36.1. The van der Waals surface area contributed by atoms with Crippen LogP contribution in [0.4, 0.5) is 14.4 Å². The Bertz CT molecular complexity index is 5690. The second-order valence-electron chi connectivity index (χ2n) is 42.8. The van der Waals surface area contributed by atoms with E-state index in [-0.39, 0.29) is 143 Å². The van der Waals surface area contributed by atoms with Gasteiger partial charge in [-0.1, -0.05) is 115 Å². The number of carbonyl (C=O) groups excluding carboxylic acids is 12. The highest BCUT2D eigenvalue weighted by atomic mass is 32.2. The zero-order valence-corrected chi connectivity index (χ0v) is 81.4. The van der Waals surface area contributed by atoms with E-state index in [0.29, 0.717) is 131 Å². The van der Waals surface area contributed by atoms with Crippen molar-refractivity contribution in [1.82, 2.24) is 43.6 Å². The number of rotatable bonds is 27. The Morgan fingerprint density at radius 1 is 0.422 bits per heavy atom. The van der Waals surface area contributed by atoms with Crippen molar-refractivity contribution in [2.45, 2.75) is 284 Å². The highest BCUT2D eigenvalue weighted by molar-refractivity contribution is 7.91. The van der Waals surface area contributed by atoms with Crippen LogP contribution in [0.1, 0.15) is 226 Å². The molecule has 36 nitrogen and oxygen atoms in total. The molecule has 3 aromatic carbocycles. The third kappa shape index (κ3) is 19.9. The van der Waals surface area contributed by atoms with Crippen LogP contribution in [0, 0.1) is 68.0 Å². The number of hydrogen-bond donors (Lipinski definition) is 3. The van der Waals surface area contributed by atoms with Crippen LogP contribution >= 0.6 is 0 Å². The quantitative estimate of drug-likeness (QED) is 0.0471. The first-order valence-corrected chi connectivity index (χ1v) is 51.6. The number of sulfonamides is 3. The molecule has 15 atom stereocenters. The van der Waals surface area contributed by atoms with E-state index in [1.54, 1.807) is 33.8 Å². The van der Waals surface area contributed by atoms with Crippen molar-refractivity contribution >= 4 is 101 Å². The summed E-state index contributed by atoms with van der Waals surface area (Å²) >= 11 is 0. The number of carbonyl (C=O) groups is 12. The molecule has 0 bridgehead atoms. The molecule has 6 saturated carbocycles. The van der Waals surface area contributed by atoms with Crippen LogP contribution in [0.5, 0.6) is 34.5 Å². The van der Waals surface area contributed by atoms with Gasteiger partial charge in [-0.15, -0.1) is 13.2 Å². The summed E-state index contributed by atoms with van der Waals surface area (Å²) in [5, 5.41) is -1.73. The van der Waals surface area contributed by atoms with Crippen molar-refractivity contribution in [1.29, 1.82) is 0 Å². The molecular weight excluding hydrogens is 1810 g/mol. The van der Waals surface area contributed by atoms with Gasteiger partial charge in [0.05, 0.1) is 76.3 Å². The first kappa shape index (κ1) is 97.5. The zero-order valence-electron chi connectivity index (χ0n) is 78.9. The standard InChI is InChI=1S/C32H41N3O9S.C32H43N3O9S.C32H41N3O9S/c1-6-20-12-32(20,29(38)33-45(40,41)22-8-9-22)13-25(36)24-11-21(15-35(24)28(37)18(2)31(3,4)5)44-30(39)34-14-19-7-10-26-27(23(19)16-34)43-17-42-26;2*1-6-21-12-32(21,29(38)33-45(40,41)23-7-8-23)13-25(36)24-11-22(16-35(24)28(37)18(2)31(3,4)5)44-30(39)34-14-19-9-26-27(43-17-42-26)10-20(19)15-34/h6-7,10,18,20-22,24H,1,8-9,11-17H2,2-5H3,(H,33,38);9-10,18,21-24H,6-8,11-17H2,1-5H3,(H,33,38);6,9-10,18,21-24H,1,7-8,11-17H2,2-5H3,(H,33,38)/t18-,20+,21-,24?,32+;2*18-,21+,22-,24?,32+/m111/s1. The van der Waals surface area contributed by atoms with Crippen LogP contribution < -0.4 is 42.6 Å². The summed E-state index contributed by atoms with van der Waals surface area (Å²) in [6, 6.07) is 8.42. The molecule has 3 saturated heterocycles. The summed E-state index contributed by atoms with van der Waals surface area (Å²) in [5.74, 6) is -2.16. The largest absolute Gasteiger partial charge is 0.454 e. The number of nitrogens with zero attached hydrogens (tertiary/aromatic N) is 6. The minimum atomic E-state index is -3.81. The Morgan fingerprint density at radius 2 is 0.719 bits per heavy atom. The Hall–Kier alpha value is -10.6. The molecule has 734 valence electrons. The predicted octanol–water partition coefficient (Wildman–Crippen LogP) is 10.1. The van der Waals surface area contributed by atoms with Crippen LogP contribution in [0.3, 0.4) is 0 Å². The lowest BCUT2D eigenvalue weighted by Gasteiger charge is -2.33. The normalized spacial score (nSPS) is 27.5. The topological polar surface area (TPSA) is 446 Å². The number of likely N-dealkylation sites (tertiary alicyclic amines) is 3. The molecule has 3 N–H and O–H groups in total. The first-order chi connectivity index (χ1) is 63.4. The number of amides is 9. The fourth-order valence-corrected chi connectivity index (χ4v) is 24.0. The Kier molecular flexibility index (Phi) is 26.1. The monoisotopic (exact) mass is 1930 g/mol. The molecular formula is C96H125N9O27S3. The summed E-state index contributed by atoms with van der Waals surface area (Å²) in [4.78, 5) is 172. The van der Waals surface area contributed by atoms with Crippen molar-refractivity contribution in [2.24, 2.45) is 68.0 Å². The molecule has 0 spiro atoms. The molecule has 6 aliphatic carbocycles. The number of ether oxygens (including phenoxy) is 9. The Morgan fingerprint density at radius 3 is 1.01 bits per heavy atom. The fourth-order valence-electron chi connectivity index (χ4n) is 19.8. The number of hydrogen-bond acceptors (Lipinski definition) is 27. The second-order valence-corrected chi connectivity index (χ2v) is 48.7. The summed E-state index contributed by atoms with van der Waals surface area (Å²) in [5.41, 5.74) is 0.765. The molecule has 15 aliphatic rings. The molecule has 3 unspecified atom stereocenters. The molecule has 9 amide bonds. The maximum absolute atomic E-state index is 14.0. The molecule has 3 aromatic rings. The van der Waals surface area contributed by atoms with Crippen LogP contribution in [-0.2, 0) is 127 Å². The minimum absolute atomic E-state index is 0.0364. The summed E-state index contributed by atoms with van der Waals surface area (Å²) < 4.78 is 133. The molecule has 0 aromatic heterocycles. The summed E-state index contributed by atoms with van der Waals surface area (Å²) in [6.07, 6.45) is 3.53. The van der Waals surface area contributed by atoms with Gasteiger partial charge in [0.1, 0.15) is 18.3 Å². The molecule has 39 heteroatoms. The van der Waals surface area contributed by atoms with Gasteiger partial charge in [-0.05, 0) is 150 Å². The number of fused-ring (bicyclic) bond motifs is 7. The molecule has 18 rings (SSSR count).